The predicted octanol–water partition coefficient (Wildman–Crippen LogP) is 2.90. The van der Waals surface area contributed by atoms with Crippen molar-refractivity contribution in [3.05, 3.63) is 41.2 Å². The Morgan fingerprint density at radius 3 is 2.70 bits per heavy atom. The molecule has 0 fully saturated rings. The lowest BCUT2D eigenvalue weighted by Crippen LogP contribution is -2.26. The number of aryl methyl sites for hydroxylation is 1. The lowest BCUT2D eigenvalue weighted by molar-refractivity contribution is -0.118. The topological polar surface area (TPSA) is 63.4 Å². The first-order valence-electron chi connectivity index (χ1n) is 7.59. The molecule has 7 heteroatoms. The van der Waals surface area contributed by atoms with E-state index in [-0.39, 0.29) is 11.8 Å². The summed E-state index contributed by atoms with van der Waals surface area (Å²) in [7, 11) is 1.80. The Morgan fingerprint density at radius 1 is 1.26 bits per heavy atom. The molecule has 2 heterocycles. The third-order valence-electron chi connectivity index (χ3n) is 3.64. The minimum Gasteiger partial charge on any atom is -0.315 e. The van der Waals surface area contributed by atoms with Gasteiger partial charge in [0.25, 0.3) is 0 Å². The second-order valence-electron chi connectivity index (χ2n) is 5.69. The fraction of sp³-hybridized carbons (Fsp3) is 0.375. The van der Waals surface area contributed by atoms with Gasteiger partial charge in [0.2, 0.25) is 10.9 Å². The van der Waals surface area contributed by atoms with Gasteiger partial charge in [-0.15, -0.1) is 10.2 Å². The maximum Gasteiger partial charge on any atom is 0.234 e. The highest BCUT2D eigenvalue weighted by molar-refractivity contribution is 7.16. The minimum atomic E-state index is 0.0752. The summed E-state index contributed by atoms with van der Waals surface area (Å²) in [5.74, 6) is 1.20. The van der Waals surface area contributed by atoms with E-state index in [0.29, 0.717) is 12.8 Å². The molecule has 1 amide bonds. The fourth-order valence-corrected chi connectivity index (χ4v) is 3.15. The zero-order chi connectivity index (χ0) is 16.4. The lowest BCUT2D eigenvalue weighted by Gasteiger charge is -2.16. The average Bonchev–Trinajstić information content (AvgIpc) is 3.12. The molecule has 6 nitrogen and oxygen atoms in total. The number of fused-ring (bicyclic) bond motifs is 1. The Morgan fingerprint density at radius 2 is 2.00 bits per heavy atom. The lowest BCUT2D eigenvalue weighted by atomic mass is 10.2. The molecule has 0 bridgehead atoms. The van der Waals surface area contributed by atoms with E-state index < -0.39 is 0 Å². The predicted molar refractivity (Wildman–Crippen MR) is 90.9 cm³/mol. The van der Waals surface area contributed by atoms with E-state index in [2.05, 4.69) is 29.1 Å². The smallest absolute Gasteiger partial charge is 0.234 e. The Labute approximate surface area is 138 Å². The van der Waals surface area contributed by atoms with E-state index in [9.17, 15) is 4.79 Å². The molecule has 2 aromatic heterocycles. The fourth-order valence-electron chi connectivity index (χ4n) is 2.31. The molecule has 0 aliphatic rings. The van der Waals surface area contributed by atoms with Crippen LogP contribution >= 0.6 is 11.3 Å². The van der Waals surface area contributed by atoms with Gasteiger partial charge in [0.05, 0.1) is 0 Å². The number of amides is 1. The molecule has 120 valence electrons. The van der Waals surface area contributed by atoms with Gasteiger partial charge < -0.3 is 4.90 Å². The summed E-state index contributed by atoms with van der Waals surface area (Å²) in [6, 6.07) is 9.64. The van der Waals surface area contributed by atoms with Crippen LogP contribution in [0.1, 0.15) is 37.0 Å². The van der Waals surface area contributed by atoms with Crippen LogP contribution in [0, 0.1) is 0 Å². The number of anilines is 1. The number of carbonyl (C=O) groups excluding carboxylic acids is 1. The van der Waals surface area contributed by atoms with E-state index >= 15 is 0 Å². The number of carbonyl (C=O) groups is 1. The molecule has 0 unspecified atom stereocenters. The number of benzene rings is 1. The molecule has 23 heavy (non-hydrogen) atoms. The van der Waals surface area contributed by atoms with Crippen LogP contribution in [-0.4, -0.2) is 32.8 Å². The highest BCUT2D eigenvalue weighted by Gasteiger charge is 2.16. The number of hydrogen-bond acceptors (Lipinski definition) is 5. The van der Waals surface area contributed by atoms with Crippen LogP contribution in [0.2, 0.25) is 0 Å². The first-order valence-corrected chi connectivity index (χ1v) is 8.40. The number of rotatable bonds is 5. The van der Waals surface area contributed by atoms with Crippen molar-refractivity contribution in [3.63, 3.8) is 0 Å². The molecule has 0 radical (unpaired) electrons. The SMILES string of the molecule is CC(C)c1nnc2sc(CCC(=O)N(C)c3ccccc3)nn12. The van der Waals surface area contributed by atoms with Crippen molar-refractivity contribution in [3.8, 4) is 0 Å². The van der Waals surface area contributed by atoms with Crippen LogP contribution in [0.15, 0.2) is 30.3 Å². The zero-order valence-corrected chi connectivity index (χ0v) is 14.2. The molecular weight excluding hydrogens is 310 g/mol. The van der Waals surface area contributed by atoms with E-state index in [4.69, 9.17) is 0 Å². The maximum atomic E-state index is 12.3. The third kappa shape index (κ3) is 3.24. The summed E-state index contributed by atoms with van der Waals surface area (Å²) < 4.78 is 1.79. The Kier molecular flexibility index (Phi) is 4.38. The van der Waals surface area contributed by atoms with Crippen LogP contribution in [0.4, 0.5) is 5.69 Å². The molecule has 0 atom stereocenters. The summed E-state index contributed by atoms with van der Waals surface area (Å²) >= 11 is 1.49. The monoisotopic (exact) mass is 329 g/mol. The summed E-state index contributed by atoms with van der Waals surface area (Å²) in [5, 5.41) is 13.7. The largest absolute Gasteiger partial charge is 0.315 e. The number of nitrogens with zero attached hydrogens (tertiary/aromatic N) is 5. The Balaban J connectivity index is 1.67. The maximum absolute atomic E-state index is 12.3. The van der Waals surface area contributed by atoms with E-state index in [1.807, 2.05) is 30.3 Å². The molecule has 0 aliphatic carbocycles. The quantitative estimate of drug-likeness (QED) is 0.722. The molecule has 3 rings (SSSR count). The van der Waals surface area contributed by atoms with Crippen molar-refractivity contribution < 1.29 is 4.79 Å². The van der Waals surface area contributed by atoms with Gasteiger partial charge in [-0.2, -0.15) is 9.61 Å². The molecule has 0 spiro atoms. The van der Waals surface area contributed by atoms with Gasteiger partial charge in [-0.1, -0.05) is 43.4 Å². The summed E-state index contributed by atoms with van der Waals surface area (Å²) in [6.07, 6.45) is 1.04. The van der Waals surface area contributed by atoms with Crippen LogP contribution in [0.5, 0.6) is 0 Å². The van der Waals surface area contributed by atoms with Gasteiger partial charge in [0.15, 0.2) is 5.82 Å². The molecule has 0 saturated heterocycles. The minimum absolute atomic E-state index is 0.0752. The van der Waals surface area contributed by atoms with Gasteiger partial charge in [0, 0.05) is 31.5 Å². The van der Waals surface area contributed by atoms with Crippen molar-refractivity contribution in [2.45, 2.75) is 32.6 Å². The van der Waals surface area contributed by atoms with E-state index in [1.54, 1.807) is 16.5 Å². The van der Waals surface area contributed by atoms with Crippen molar-refractivity contribution in [1.82, 2.24) is 19.8 Å². The summed E-state index contributed by atoms with van der Waals surface area (Å²) in [4.78, 5) is 14.8. The Hall–Kier alpha value is -2.28. The first-order chi connectivity index (χ1) is 11.1. The van der Waals surface area contributed by atoms with E-state index in [1.165, 1.54) is 11.3 Å². The van der Waals surface area contributed by atoms with Gasteiger partial charge in [-0.25, -0.2) is 0 Å². The first kappa shape index (κ1) is 15.6. The zero-order valence-electron chi connectivity index (χ0n) is 13.4. The average molecular weight is 329 g/mol. The van der Waals surface area contributed by atoms with Gasteiger partial charge >= 0.3 is 0 Å². The second-order valence-corrected chi connectivity index (χ2v) is 6.73. The van der Waals surface area contributed by atoms with Crippen molar-refractivity contribution >= 4 is 27.9 Å². The number of hydrogen-bond donors (Lipinski definition) is 0. The standard InChI is InChI=1S/C16H19N5OS/c1-11(2)15-17-18-16-21(15)19-13(23-16)9-10-14(22)20(3)12-7-5-4-6-8-12/h4-8,11H,9-10H2,1-3H3. The van der Waals surface area contributed by atoms with Crippen molar-refractivity contribution in [1.29, 1.82) is 0 Å². The molecule has 0 N–H and O–H groups in total. The molecule has 0 aliphatic heterocycles. The molecular formula is C16H19N5OS. The molecule has 0 saturated carbocycles. The van der Waals surface area contributed by atoms with Crippen LogP contribution < -0.4 is 4.90 Å². The van der Waals surface area contributed by atoms with Gasteiger partial charge in [0.1, 0.15) is 5.01 Å². The third-order valence-corrected chi connectivity index (χ3v) is 4.60. The second kappa shape index (κ2) is 6.45. The van der Waals surface area contributed by atoms with Crippen molar-refractivity contribution in [2.24, 2.45) is 0 Å². The van der Waals surface area contributed by atoms with Gasteiger partial charge in [-0.3, -0.25) is 4.79 Å². The summed E-state index contributed by atoms with van der Waals surface area (Å²) in [6.45, 7) is 4.13. The number of aromatic nitrogens is 4. The highest BCUT2D eigenvalue weighted by Crippen LogP contribution is 2.20. The van der Waals surface area contributed by atoms with Crippen LogP contribution in [0.25, 0.3) is 4.96 Å². The van der Waals surface area contributed by atoms with Crippen LogP contribution in [0.3, 0.4) is 0 Å². The van der Waals surface area contributed by atoms with E-state index in [0.717, 1.165) is 21.5 Å². The normalized spacial score (nSPS) is 11.3. The Bertz CT molecular complexity index is 808. The molecule has 3 aromatic rings. The highest BCUT2D eigenvalue weighted by atomic mass is 32.1. The number of para-hydroxylation sites is 1. The summed E-state index contributed by atoms with van der Waals surface area (Å²) in [5.41, 5.74) is 0.901. The van der Waals surface area contributed by atoms with Crippen molar-refractivity contribution in [2.75, 3.05) is 11.9 Å². The van der Waals surface area contributed by atoms with Gasteiger partial charge in [-0.05, 0) is 12.1 Å². The van der Waals surface area contributed by atoms with Crippen LogP contribution in [-0.2, 0) is 11.2 Å². The molecule has 1 aromatic carbocycles.